The maximum atomic E-state index is 13.9. The maximum Gasteiger partial charge on any atom is 0.527 e. The van der Waals surface area contributed by atoms with Crippen molar-refractivity contribution in [3.05, 3.63) is 12.1 Å². The fourth-order valence-electron chi connectivity index (χ4n) is 1.09. The van der Waals surface area contributed by atoms with E-state index in [1.165, 1.54) is 9.47 Å². The molecule has 0 fully saturated rings. The number of hydrogen-bond donors (Lipinski definition) is 0. The lowest BCUT2D eigenvalue weighted by Gasteiger charge is -2.38. The van der Waals surface area contributed by atoms with Gasteiger partial charge < -0.3 is 4.74 Å². The van der Waals surface area contributed by atoms with Crippen molar-refractivity contribution in [1.82, 2.24) is 0 Å². The first kappa shape index (κ1) is 28.3. The van der Waals surface area contributed by atoms with Crippen LogP contribution in [0.4, 0.5) is 69.7 Å². The molecule has 0 rings (SSSR count). The Morgan fingerprint density at radius 3 is 1.33 bits per heavy atom. The van der Waals surface area contributed by atoms with Crippen LogP contribution in [0.15, 0.2) is 12.1 Å². The van der Waals surface area contributed by atoms with E-state index in [-0.39, 0.29) is 0 Å². The number of ether oxygens (including phenoxy) is 3. The first-order valence-electron chi connectivity index (χ1n) is 5.75. The van der Waals surface area contributed by atoms with Gasteiger partial charge in [0.15, 0.2) is 0 Å². The van der Waals surface area contributed by atoms with Gasteiger partial charge in [-0.3, -0.25) is 4.74 Å². The molecule has 0 aromatic carbocycles. The summed E-state index contributed by atoms with van der Waals surface area (Å²) in [7, 11) is -8.07. The van der Waals surface area contributed by atoms with E-state index in [9.17, 15) is 78.2 Å². The van der Waals surface area contributed by atoms with Gasteiger partial charge in [0.2, 0.25) is 0 Å². The highest BCUT2D eigenvalue weighted by Crippen LogP contribution is 2.54. The van der Waals surface area contributed by atoms with Gasteiger partial charge in [-0.15, -0.1) is 13.2 Å². The van der Waals surface area contributed by atoms with Crippen LogP contribution in [0.2, 0.25) is 0 Å². The van der Waals surface area contributed by atoms with Crippen molar-refractivity contribution < 1.29 is 92.4 Å². The molecule has 0 saturated carbocycles. The average molecular weight is 512 g/mol. The molecule has 22 heteroatoms. The van der Waals surface area contributed by atoms with Crippen molar-refractivity contribution in [2.45, 2.75) is 35.8 Å². The number of hydrogen-bond acceptors (Lipinski definition) is 5. The number of rotatable bonds is 9. The molecule has 0 amide bonds. The predicted molar refractivity (Wildman–Crippen MR) is 53.3 cm³/mol. The molecule has 0 saturated heterocycles. The molecule has 0 aromatic rings. The molecule has 0 N–H and O–H groups in total. The summed E-state index contributed by atoms with van der Waals surface area (Å²) in [5.74, 6) is -7.88. The van der Waals surface area contributed by atoms with Crippen molar-refractivity contribution >= 4 is 10.2 Å². The smallest absolute Gasteiger partial charge is 0.398 e. The topological polar surface area (TPSA) is 61.8 Å². The molecule has 0 aliphatic rings. The second-order valence-corrected chi connectivity index (χ2v) is 5.77. The zero-order chi connectivity index (χ0) is 24.8. The standard InChI is InChI=1S/C8F16O5S/c9-1(10)2(11)27-4(13,14)3(12,5(15,16)29-8(21,22)23)28-6(17,18)7(19,20)30(24,25)26. The molecule has 0 aliphatic carbocycles. The summed E-state index contributed by atoms with van der Waals surface area (Å²) >= 11 is 0. The summed E-state index contributed by atoms with van der Waals surface area (Å²) in [4.78, 5) is 0. The lowest BCUT2D eigenvalue weighted by Crippen LogP contribution is -2.66. The van der Waals surface area contributed by atoms with E-state index in [4.69, 9.17) is 0 Å². The Morgan fingerprint density at radius 2 is 1.03 bits per heavy atom. The fraction of sp³-hybridized carbons (Fsp3) is 0.750. The normalized spacial score (nSPS) is 16.8. The molecule has 0 spiro atoms. The largest absolute Gasteiger partial charge is 0.527 e. The predicted octanol–water partition coefficient (Wildman–Crippen LogP) is 4.93. The maximum absolute atomic E-state index is 13.9. The van der Waals surface area contributed by atoms with Gasteiger partial charge in [0, 0.05) is 0 Å². The Hall–Kier alpha value is -1.71. The van der Waals surface area contributed by atoms with Gasteiger partial charge in [0.25, 0.3) is 0 Å². The van der Waals surface area contributed by atoms with Crippen LogP contribution < -0.4 is 0 Å². The van der Waals surface area contributed by atoms with Crippen LogP contribution in [-0.4, -0.2) is 44.2 Å². The van der Waals surface area contributed by atoms with E-state index in [1.54, 1.807) is 4.74 Å². The second kappa shape index (κ2) is 7.76. The summed E-state index contributed by atoms with van der Waals surface area (Å²) < 4.78 is 226. The zero-order valence-electron chi connectivity index (χ0n) is 12.5. The molecule has 180 valence electrons. The average Bonchev–Trinajstić information content (AvgIpc) is 2.41. The van der Waals surface area contributed by atoms with Crippen molar-refractivity contribution in [3.8, 4) is 0 Å². The van der Waals surface area contributed by atoms with Crippen LogP contribution >= 0.6 is 0 Å². The van der Waals surface area contributed by atoms with E-state index in [0.717, 1.165) is 0 Å². The van der Waals surface area contributed by atoms with Gasteiger partial charge >= 0.3 is 58.1 Å². The quantitative estimate of drug-likeness (QED) is 0.249. The Balaban J connectivity index is 6.78. The van der Waals surface area contributed by atoms with Crippen LogP contribution in [0.25, 0.3) is 0 Å². The lowest BCUT2D eigenvalue weighted by molar-refractivity contribution is -0.556. The molecule has 1 unspecified atom stereocenters. The Kier molecular flexibility index (Phi) is 7.32. The van der Waals surface area contributed by atoms with Crippen LogP contribution in [0, 0.1) is 0 Å². The molecule has 0 aliphatic heterocycles. The molecule has 0 heterocycles. The van der Waals surface area contributed by atoms with Gasteiger partial charge in [-0.05, 0) is 0 Å². The zero-order valence-corrected chi connectivity index (χ0v) is 13.3. The van der Waals surface area contributed by atoms with Crippen molar-refractivity contribution in [1.29, 1.82) is 0 Å². The van der Waals surface area contributed by atoms with Gasteiger partial charge in [0.05, 0.1) is 0 Å². The Bertz CT molecular complexity index is 767. The minimum absolute atomic E-state index is 1.32. The minimum atomic E-state index is -8.07. The van der Waals surface area contributed by atoms with Crippen molar-refractivity contribution in [2.24, 2.45) is 0 Å². The van der Waals surface area contributed by atoms with Crippen molar-refractivity contribution in [3.63, 3.8) is 0 Å². The van der Waals surface area contributed by atoms with E-state index in [2.05, 4.69) is 0 Å². The van der Waals surface area contributed by atoms with Gasteiger partial charge in [-0.1, -0.05) is 3.89 Å². The third-order valence-corrected chi connectivity index (χ3v) is 3.12. The van der Waals surface area contributed by atoms with E-state index >= 15 is 0 Å². The number of halogens is 16. The third kappa shape index (κ3) is 5.50. The summed E-state index contributed by atoms with van der Waals surface area (Å²) in [6, 6.07) is -4.14. The van der Waals surface area contributed by atoms with Crippen LogP contribution in [0.3, 0.4) is 0 Å². The SMILES string of the molecule is O=S(=O)(F)C(F)(F)C(F)(F)OC(F)(C(F)(F)OC(F)=C(F)F)C(F)(F)OC(F)(F)F. The van der Waals surface area contributed by atoms with E-state index in [1.807, 2.05) is 0 Å². The molecule has 5 nitrogen and oxygen atoms in total. The molecule has 0 radical (unpaired) electrons. The summed E-state index contributed by atoms with van der Waals surface area (Å²) in [6.45, 7) is 0. The first-order chi connectivity index (χ1) is 12.7. The minimum Gasteiger partial charge on any atom is -0.398 e. The second-order valence-electron chi connectivity index (χ2n) is 4.39. The van der Waals surface area contributed by atoms with E-state index < -0.39 is 58.1 Å². The molecule has 0 bridgehead atoms. The molecule has 0 aromatic heterocycles. The van der Waals surface area contributed by atoms with Crippen LogP contribution in [0.5, 0.6) is 0 Å². The highest BCUT2D eigenvalue weighted by Gasteiger charge is 2.84. The summed E-state index contributed by atoms with van der Waals surface area (Å²) in [5, 5.41) is -7.57. The van der Waals surface area contributed by atoms with Crippen molar-refractivity contribution in [2.75, 3.05) is 0 Å². The third-order valence-electron chi connectivity index (χ3n) is 2.27. The van der Waals surface area contributed by atoms with Crippen LogP contribution in [0.1, 0.15) is 0 Å². The highest BCUT2D eigenvalue weighted by atomic mass is 32.3. The van der Waals surface area contributed by atoms with Crippen LogP contribution in [-0.2, 0) is 24.4 Å². The van der Waals surface area contributed by atoms with Gasteiger partial charge in [-0.2, -0.15) is 61.1 Å². The summed E-state index contributed by atoms with van der Waals surface area (Å²) in [6.07, 6.45) is -34.1. The van der Waals surface area contributed by atoms with Gasteiger partial charge in [0.1, 0.15) is 0 Å². The molecular weight excluding hydrogens is 512 g/mol. The fourth-order valence-corrected chi connectivity index (χ4v) is 1.42. The Labute approximate surface area is 152 Å². The molecule has 30 heavy (non-hydrogen) atoms. The summed E-state index contributed by atoms with van der Waals surface area (Å²) in [5.41, 5.74) is 0. The number of alkyl halides is 12. The molecular formula is C8F16O5S. The highest BCUT2D eigenvalue weighted by molar-refractivity contribution is 7.87. The molecule has 1 atom stereocenters. The van der Waals surface area contributed by atoms with E-state index in [0.29, 0.717) is 0 Å². The van der Waals surface area contributed by atoms with Gasteiger partial charge in [-0.25, -0.2) is 4.74 Å². The lowest BCUT2D eigenvalue weighted by atomic mass is 10.2. The monoisotopic (exact) mass is 512 g/mol. The first-order valence-corrected chi connectivity index (χ1v) is 7.13. The Morgan fingerprint density at radius 1 is 0.633 bits per heavy atom.